The number of aromatic nitrogens is 2. The number of hydrogen-bond donors (Lipinski definition) is 1. The zero-order chi connectivity index (χ0) is 25.6. The van der Waals surface area contributed by atoms with E-state index in [9.17, 15) is 19.1 Å². The van der Waals surface area contributed by atoms with Gasteiger partial charge in [-0.25, -0.2) is 14.2 Å². The number of benzene rings is 2. The molecule has 1 aliphatic carbocycles. The molecule has 9 heteroatoms. The third-order valence-electron chi connectivity index (χ3n) is 7.73. The first-order chi connectivity index (χ1) is 17.3. The molecule has 8 nitrogen and oxygen atoms in total. The van der Waals surface area contributed by atoms with Gasteiger partial charge in [0.25, 0.3) is 0 Å². The summed E-state index contributed by atoms with van der Waals surface area (Å²) in [6, 6.07) is 10.3. The predicted octanol–water partition coefficient (Wildman–Crippen LogP) is 5.67. The summed E-state index contributed by atoms with van der Waals surface area (Å²) in [4.78, 5) is 32.9. The number of amides is 1. The van der Waals surface area contributed by atoms with Crippen LogP contribution in [0.2, 0.25) is 0 Å². The lowest BCUT2D eigenvalue weighted by molar-refractivity contribution is -0.143. The van der Waals surface area contributed by atoms with E-state index in [0.29, 0.717) is 18.8 Å². The molecule has 2 aliphatic rings. The summed E-state index contributed by atoms with van der Waals surface area (Å²) in [5, 5.41) is 9.48. The minimum Gasteiger partial charge on any atom is -0.481 e. The van der Waals surface area contributed by atoms with E-state index < -0.39 is 12.1 Å². The smallest absolute Gasteiger partial charge is 0.414 e. The second-order valence-corrected chi connectivity index (χ2v) is 9.82. The van der Waals surface area contributed by atoms with Crippen LogP contribution in [0.15, 0.2) is 36.4 Å². The van der Waals surface area contributed by atoms with Crippen molar-refractivity contribution < 1.29 is 23.8 Å². The Labute approximate surface area is 209 Å². The Bertz CT molecular complexity index is 1300. The Morgan fingerprint density at radius 1 is 1.08 bits per heavy atom. The van der Waals surface area contributed by atoms with E-state index in [4.69, 9.17) is 9.72 Å². The van der Waals surface area contributed by atoms with Gasteiger partial charge in [0.15, 0.2) is 0 Å². The standard InChI is InChI=1S/C27H31FN4O4/c1-16-4-13-21-22(31(16)27(35)36-3)14-15-23-24(21)29-26(30(2)19-11-7-18(28)8-12-19)32(23)20-9-5-17(6-10-20)25(33)34/h7-8,11-12,14-17,20H,4-6,9-10,13H2,1-3H3,(H,33,34)/t16-,17-,20-/m0/s1. The first kappa shape index (κ1) is 24.1. The number of carboxylic acids is 1. The molecule has 1 fully saturated rings. The normalized spacial score (nSPS) is 21.8. The highest BCUT2D eigenvalue weighted by Gasteiger charge is 2.34. The van der Waals surface area contributed by atoms with Gasteiger partial charge in [-0.2, -0.15) is 0 Å². The van der Waals surface area contributed by atoms with Crippen LogP contribution in [-0.2, 0) is 16.0 Å². The van der Waals surface area contributed by atoms with Crippen LogP contribution in [0, 0.1) is 11.7 Å². The number of carbonyl (C=O) groups excluding carboxylic acids is 1. The number of nitrogens with zero attached hydrogens (tertiary/aromatic N) is 4. The second-order valence-electron chi connectivity index (χ2n) is 9.82. The topological polar surface area (TPSA) is 87.9 Å². The molecule has 1 aromatic heterocycles. The van der Waals surface area contributed by atoms with Crippen molar-refractivity contribution in [2.45, 2.75) is 57.5 Å². The molecule has 1 saturated carbocycles. The molecular weight excluding hydrogens is 463 g/mol. The van der Waals surface area contributed by atoms with Crippen molar-refractivity contribution in [1.29, 1.82) is 0 Å². The summed E-state index contributed by atoms with van der Waals surface area (Å²) in [5.41, 5.74) is 4.39. The van der Waals surface area contributed by atoms with Crippen molar-refractivity contribution in [3.05, 3.63) is 47.8 Å². The van der Waals surface area contributed by atoms with Crippen molar-refractivity contribution in [2.24, 2.45) is 5.92 Å². The molecular formula is C27H31FN4O4. The monoisotopic (exact) mass is 494 g/mol. The molecule has 3 aromatic rings. The fourth-order valence-electron chi connectivity index (χ4n) is 5.72. The van der Waals surface area contributed by atoms with E-state index in [-0.39, 0.29) is 23.8 Å². The Balaban J connectivity index is 1.65. The Morgan fingerprint density at radius 3 is 2.42 bits per heavy atom. The fraction of sp³-hybridized carbons (Fsp3) is 0.444. The molecule has 2 heterocycles. The quantitative estimate of drug-likeness (QED) is 0.503. The van der Waals surface area contributed by atoms with Crippen LogP contribution in [0.4, 0.5) is 26.5 Å². The summed E-state index contributed by atoms with van der Waals surface area (Å²) in [5.74, 6) is -0.651. The third-order valence-corrected chi connectivity index (χ3v) is 7.73. The number of aryl methyl sites for hydroxylation is 1. The summed E-state index contributed by atoms with van der Waals surface area (Å²) >= 11 is 0. The highest BCUT2D eigenvalue weighted by atomic mass is 19.1. The lowest BCUT2D eigenvalue weighted by Crippen LogP contribution is -2.42. The van der Waals surface area contributed by atoms with Gasteiger partial charge in [0.2, 0.25) is 5.95 Å². The van der Waals surface area contributed by atoms with Gasteiger partial charge in [-0.05, 0) is 81.8 Å². The molecule has 5 rings (SSSR count). The van der Waals surface area contributed by atoms with E-state index in [1.165, 1.54) is 19.2 Å². The lowest BCUT2D eigenvalue weighted by Gasteiger charge is -2.34. The van der Waals surface area contributed by atoms with Crippen LogP contribution >= 0.6 is 0 Å². The van der Waals surface area contributed by atoms with Gasteiger partial charge in [0.05, 0.1) is 29.7 Å². The van der Waals surface area contributed by atoms with E-state index in [2.05, 4.69) is 4.57 Å². The SMILES string of the molecule is COC(=O)N1c2ccc3c(nc(N(C)c4ccc(F)cc4)n3[C@H]3CC[C@H](C(=O)O)CC3)c2CC[C@@H]1C. The minimum atomic E-state index is -0.737. The van der Waals surface area contributed by atoms with Crippen molar-refractivity contribution in [2.75, 3.05) is 24.0 Å². The van der Waals surface area contributed by atoms with Crippen molar-refractivity contribution in [3.63, 3.8) is 0 Å². The number of fused-ring (bicyclic) bond motifs is 3. The summed E-state index contributed by atoms with van der Waals surface area (Å²) < 4.78 is 20.9. The molecule has 0 radical (unpaired) electrons. The van der Waals surface area contributed by atoms with Crippen molar-refractivity contribution in [3.8, 4) is 0 Å². The Hall–Kier alpha value is -3.62. The zero-order valence-corrected chi connectivity index (χ0v) is 20.8. The number of hydrogen-bond acceptors (Lipinski definition) is 5. The maximum Gasteiger partial charge on any atom is 0.414 e. The number of methoxy groups -OCH3 is 1. The highest BCUT2D eigenvalue weighted by Crippen LogP contribution is 2.42. The Kier molecular flexibility index (Phi) is 6.32. The average Bonchev–Trinajstić information content (AvgIpc) is 3.28. The number of ether oxygens (including phenoxy) is 1. The molecule has 0 spiro atoms. The maximum atomic E-state index is 13.6. The van der Waals surface area contributed by atoms with Gasteiger partial charge >= 0.3 is 12.1 Å². The molecule has 2 aromatic carbocycles. The highest BCUT2D eigenvalue weighted by molar-refractivity contribution is 5.96. The van der Waals surface area contributed by atoms with Gasteiger partial charge in [-0.3, -0.25) is 9.69 Å². The zero-order valence-electron chi connectivity index (χ0n) is 20.8. The van der Waals surface area contributed by atoms with Gasteiger partial charge in [0.1, 0.15) is 5.82 Å². The molecule has 0 saturated heterocycles. The third kappa shape index (κ3) is 4.06. The van der Waals surface area contributed by atoms with Crippen LogP contribution in [-0.4, -0.2) is 46.9 Å². The second kappa shape index (κ2) is 9.44. The summed E-state index contributed by atoms with van der Waals surface area (Å²) in [6.45, 7) is 2.01. The molecule has 0 unspecified atom stereocenters. The summed E-state index contributed by atoms with van der Waals surface area (Å²) in [6.07, 6.45) is 3.86. The van der Waals surface area contributed by atoms with Crippen LogP contribution in [0.3, 0.4) is 0 Å². The van der Waals surface area contributed by atoms with Crippen LogP contribution in [0.25, 0.3) is 11.0 Å². The van der Waals surface area contributed by atoms with E-state index in [0.717, 1.165) is 53.7 Å². The molecule has 1 amide bonds. The van der Waals surface area contributed by atoms with E-state index in [1.54, 1.807) is 17.0 Å². The average molecular weight is 495 g/mol. The number of carbonyl (C=O) groups is 2. The van der Waals surface area contributed by atoms with Gasteiger partial charge in [-0.1, -0.05) is 0 Å². The first-order valence-corrected chi connectivity index (χ1v) is 12.4. The van der Waals surface area contributed by atoms with Crippen LogP contribution in [0.1, 0.15) is 50.6 Å². The molecule has 1 atom stereocenters. The molecule has 1 N–H and O–H groups in total. The largest absolute Gasteiger partial charge is 0.481 e. The van der Waals surface area contributed by atoms with E-state index in [1.807, 2.05) is 31.0 Å². The minimum absolute atomic E-state index is 0.0112. The molecule has 36 heavy (non-hydrogen) atoms. The number of carboxylic acid groups (broad SMARTS) is 1. The first-order valence-electron chi connectivity index (χ1n) is 12.4. The molecule has 190 valence electrons. The van der Waals surface area contributed by atoms with Gasteiger partial charge in [-0.15, -0.1) is 0 Å². The van der Waals surface area contributed by atoms with Crippen molar-refractivity contribution >= 4 is 40.4 Å². The predicted molar refractivity (Wildman–Crippen MR) is 135 cm³/mol. The van der Waals surface area contributed by atoms with Crippen LogP contribution < -0.4 is 9.80 Å². The number of anilines is 3. The van der Waals surface area contributed by atoms with Gasteiger partial charge in [0, 0.05) is 30.4 Å². The van der Waals surface area contributed by atoms with E-state index >= 15 is 0 Å². The number of halogens is 1. The number of aliphatic carboxylic acids is 1. The van der Waals surface area contributed by atoms with Crippen molar-refractivity contribution in [1.82, 2.24) is 9.55 Å². The molecule has 1 aliphatic heterocycles. The fourth-order valence-corrected chi connectivity index (χ4v) is 5.72. The summed E-state index contributed by atoms with van der Waals surface area (Å²) in [7, 11) is 3.29. The maximum absolute atomic E-state index is 13.6. The number of imidazole rings is 1. The Morgan fingerprint density at radius 2 is 1.78 bits per heavy atom. The number of rotatable bonds is 4. The van der Waals surface area contributed by atoms with Gasteiger partial charge < -0.3 is 19.3 Å². The lowest BCUT2D eigenvalue weighted by atomic mass is 9.86. The van der Waals surface area contributed by atoms with Crippen LogP contribution in [0.5, 0.6) is 0 Å². The molecule has 0 bridgehead atoms.